The van der Waals surface area contributed by atoms with Crippen LogP contribution in [-0.2, 0) is 14.3 Å². The van der Waals surface area contributed by atoms with Gasteiger partial charge in [-0.3, -0.25) is 9.59 Å². The summed E-state index contributed by atoms with van der Waals surface area (Å²) in [4.78, 5) is 35.4. The Hall–Kier alpha value is -3.67. The van der Waals surface area contributed by atoms with Gasteiger partial charge in [-0.1, -0.05) is 24.3 Å². The number of ether oxygens (including phenoxy) is 1. The van der Waals surface area contributed by atoms with E-state index in [-0.39, 0.29) is 11.8 Å². The Bertz CT molecular complexity index is 956. The summed E-state index contributed by atoms with van der Waals surface area (Å²) >= 11 is 0. The lowest BCUT2D eigenvalue weighted by Crippen LogP contribution is -2.25. The molecule has 0 saturated heterocycles. The van der Waals surface area contributed by atoms with Crippen molar-refractivity contribution in [2.45, 2.75) is 25.8 Å². The predicted molar refractivity (Wildman–Crippen MR) is 117 cm³/mol. The molecule has 0 aromatic heterocycles. The molecule has 0 aliphatic heterocycles. The molecule has 0 unspecified atom stereocenters. The lowest BCUT2D eigenvalue weighted by Gasteiger charge is -2.04. The summed E-state index contributed by atoms with van der Waals surface area (Å²) in [5.74, 6) is -0.719. The first-order valence-electron chi connectivity index (χ1n) is 9.88. The summed E-state index contributed by atoms with van der Waals surface area (Å²) in [5.41, 5.74) is 2.90. The molecule has 1 aliphatic carbocycles. The third-order valence-electron chi connectivity index (χ3n) is 4.39. The first kappa shape index (κ1) is 21.0. The molecule has 0 bridgehead atoms. The van der Waals surface area contributed by atoms with Gasteiger partial charge in [0.2, 0.25) is 5.91 Å². The number of carbonyl (C=O) groups excluding carboxylic acids is 3. The largest absolute Gasteiger partial charge is 0.463 e. The van der Waals surface area contributed by atoms with Gasteiger partial charge in [-0.05, 0) is 67.3 Å². The molecule has 2 aromatic rings. The topological polar surface area (TPSA) is 84.5 Å². The van der Waals surface area contributed by atoms with E-state index in [1.807, 2.05) is 0 Å². The highest BCUT2D eigenvalue weighted by atomic mass is 16.5. The second kappa shape index (κ2) is 10.2. The Balaban J connectivity index is 1.50. The van der Waals surface area contributed by atoms with Gasteiger partial charge in [0.15, 0.2) is 0 Å². The molecule has 0 radical (unpaired) electrons. The fourth-order valence-electron chi connectivity index (χ4n) is 2.63. The van der Waals surface area contributed by atoms with Crippen LogP contribution in [0.25, 0.3) is 12.2 Å². The van der Waals surface area contributed by atoms with Crippen molar-refractivity contribution >= 4 is 35.6 Å². The van der Waals surface area contributed by atoms with Gasteiger partial charge in [0, 0.05) is 29.4 Å². The first-order chi connectivity index (χ1) is 14.5. The van der Waals surface area contributed by atoms with Crippen LogP contribution in [-0.4, -0.2) is 30.4 Å². The first-order valence-corrected chi connectivity index (χ1v) is 9.88. The normalized spacial score (nSPS) is 13.4. The number of amides is 2. The second-order valence-corrected chi connectivity index (χ2v) is 6.90. The number of nitrogens with one attached hydrogen (secondary N) is 2. The average Bonchev–Trinajstić information content (AvgIpc) is 3.56. The van der Waals surface area contributed by atoms with Crippen LogP contribution in [0.5, 0.6) is 0 Å². The van der Waals surface area contributed by atoms with Crippen molar-refractivity contribution in [1.82, 2.24) is 5.32 Å². The van der Waals surface area contributed by atoms with Gasteiger partial charge in [0.05, 0.1) is 6.61 Å². The Morgan fingerprint density at radius 1 is 0.933 bits per heavy atom. The van der Waals surface area contributed by atoms with Crippen LogP contribution in [0.3, 0.4) is 0 Å². The molecule has 2 N–H and O–H groups in total. The predicted octanol–water partition coefficient (Wildman–Crippen LogP) is 3.81. The monoisotopic (exact) mass is 404 g/mol. The number of hydrogen-bond acceptors (Lipinski definition) is 4. The van der Waals surface area contributed by atoms with Gasteiger partial charge in [0.25, 0.3) is 5.91 Å². The van der Waals surface area contributed by atoms with Gasteiger partial charge in [0.1, 0.15) is 0 Å². The summed E-state index contributed by atoms with van der Waals surface area (Å²) < 4.78 is 4.83. The Kier molecular flexibility index (Phi) is 7.16. The fraction of sp³-hybridized carbons (Fsp3) is 0.208. The van der Waals surface area contributed by atoms with Crippen molar-refractivity contribution in [3.05, 3.63) is 77.4 Å². The van der Waals surface area contributed by atoms with Gasteiger partial charge in [-0.2, -0.15) is 0 Å². The van der Waals surface area contributed by atoms with Crippen molar-refractivity contribution < 1.29 is 19.1 Å². The molecule has 1 saturated carbocycles. The number of carbonyl (C=O) groups is 3. The zero-order chi connectivity index (χ0) is 21.3. The Morgan fingerprint density at radius 2 is 1.53 bits per heavy atom. The van der Waals surface area contributed by atoms with Crippen LogP contribution >= 0.6 is 0 Å². The van der Waals surface area contributed by atoms with Crippen LogP contribution in [0.1, 0.15) is 41.3 Å². The third kappa shape index (κ3) is 6.74. The van der Waals surface area contributed by atoms with Gasteiger partial charge in [-0.15, -0.1) is 0 Å². The molecule has 30 heavy (non-hydrogen) atoms. The molecule has 6 heteroatoms. The standard InChI is InChI=1S/C24H24N2O4/c1-2-30-23(28)16-8-18-5-11-20(12-6-18)25-22(27)15-7-17-3-9-19(10-4-17)24(29)26-21-13-14-21/h3-12,15-16,21H,2,13-14H2,1H3,(H,25,27)(H,26,29). The summed E-state index contributed by atoms with van der Waals surface area (Å²) in [6.45, 7) is 2.09. The SMILES string of the molecule is CCOC(=O)C=Cc1ccc(NC(=O)C=Cc2ccc(C(=O)NC3CC3)cc2)cc1. The molecule has 3 rings (SSSR count). The highest BCUT2D eigenvalue weighted by Gasteiger charge is 2.23. The molecule has 2 amide bonds. The maximum Gasteiger partial charge on any atom is 0.330 e. The van der Waals surface area contributed by atoms with E-state index in [1.165, 1.54) is 12.2 Å². The molecule has 1 aliphatic rings. The zero-order valence-electron chi connectivity index (χ0n) is 16.8. The molecule has 2 aromatic carbocycles. The fourth-order valence-corrected chi connectivity index (χ4v) is 2.63. The summed E-state index contributed by atoms with van der Waals surface area (Å²) in [6, 6.07) is 14.5. The molecule has 0 atom stereocenters. The van der Waals surface area contributed by atoms with Crippen molar-refractivity contribution in [2.24, 2.45) is 0 Å². The average molecular weight is 404 g/mol. The number of rotatable bonds is 8. The van der Waals surface area contributed by atoms with Crippen LogP contribution in [0.2, 0.25) is 0 Å². The quantitative estimate of drug-likeness (QED) is 0.518. The van der Waals surface area contributed by atoms with Crippen molar-refractivity contribution in [1.29, 1.82) is 0 Å². The molecule has 1 fully saturated rings. The Labute approximate surface area is 175 Å². The number of anilines is 1. The van der Waals surface area contributed by atoms with E-state index < -0.39 is 5.97 Å². The molecule has 6 nitrogen and oxygen atoms in total. The van der Waals surface area contributed by atoms with Crippen molar-refractivity contribution in [3.63, 3.8) is 0 Å². The minimum absolute atomic E-state index is 0.0636. The third-order valence-corrected chi connectivity index (χ3v) is 4.39. The van der Waals surface area contributed by atoms with Crippen LogP contribution < -0.4 is 10.6 Å². The molecular weight excluding hydrogens is 380 g/mol. The summed E-state index contributed by atoms with van der Waals surface area (Å²) in [5, 5.41) is 5.72. The van der Waals surface area contributed by atoms with E-state index in [2.05, 4.69) is 10.6 Å². The van der Waals surface area contributed by atoms with Gasteiger partial charge in [-0.25, -0.2) is 4.79 Å². The zero-order valence-corrected chi connectivity index (χ0v) is 16.8. The van der Waals surface area contributed by atoms with Crippen LogP contribution in [0.4, 0.5) is 5.69 Å². The van der Waals surface area contributed by atoms with Crippen molar-refractivity contribution in [3.8, 4) is 0 Å². The highest BCUT2D eigenvalue weighted by Crippen LogP contribution is 2.19. The molecule has 0 spiro atoms. The van der Waals surface area contributed by atoms with Crippen LogP contribution in [0.15, 0.2) is 60.7 Å². The number of benzene rings is 2. The van der Waals surface area contributed by atoms with Gasteiger partial charge < -0.3 is 15.4 Å². The molecular formula is C24H24N2O4. The lowest BCUT2D eigenvalue weighted by molar-refractivity contribution is -0.137. The van der Waals surface area contributed by atoms with E-state index in [0.717, 1.165) is 24.0 Å². The summed E-state index contributed by atoms with van der Waals surface area (Å²) in [7, 11) is 0. The molecule has 154 valence electrons. The maximum absolute atomic E-state index is 12.1. The number of hydrogen-bond donors (Lipinski definition) is 2. The van der Waals surface area contributed by atoms with E-state index >= 15 is 0 Å². The maximum atomic E-state index is 12.1. The summed E-state index contributed by atoms with van der Waals surface area (Å²) in [6.07, 6.45) is 8.24. The van der Waals surface area contributed by atoms with Crippen molar-refractivity contribution in [2.75, 3.05) is 11.9 Å². The number of esters is 1. The second-order valence-electron chi connectivity index (χ2n) is 6.90. The smallest absolute Gasteiger partial charge is 0.330 e. The Morgan fingerprint density at radius 3 is 2.13 bits per heavy atom. The molecule has 0 heterocycles. The lowest BCUT2D eigenvalue weighted by atomic mass is 10.1. The van der Waals surface area contributed by atoms with E-state index in [9.17, 15) is 14.4 Å². The van der Waals surface area contributed by atoms with Crippen LogP contribution in [0, 0.1) is 0 Å². The highest BCUT2D eigenvalue weighted by molar-refractivity contribution is 6.02. The van der Waals surface area contributed by atoms with E-state index in [4.69, 9.17) is 4.74 Å². The van der Waals surface area contributed by atoms with Gasteiger partial charge >= 0.3 is 5.97 Å². The van der Waals surface area contributed by atoms with E-state index in [0.29, 0.717) is 23.9 Å². The van der Waals surface area contributed by atoms with E-state index in [1.54, 1.807) is 67.6 Å². The minimum Gasteiger partial charge on any atom is -0.463 e. The minimum atomic E-state index is -0.392.